The monoisotopic (exact) mass is 196 g/mol. The Morgan fingerprint density at radius 3 is 2.86 bits per heavy atom. The minimum atomic E-state index is 0.258. The van der Waals surface area contributed by atoms with Crippen molar-refractivity contribution in [2.75, 3.05) is 26.2 Å². The number of amides is 1. The Morgan fingerprint density at radius 1 is 1.43 bits per heavy atom. The van der Waals surface area contributed by atoms with Crippen molar-refractivity contribution < 1.29 is 4.79 Å². The molecule has 0 aromatic carbocycles. The standard InChI is InChI=1S/C11H20N2O/c1-9-4-6-13(8-9)11(14)10-3-2-5-12-7-10/h9-10,12H,2-8H2,1H3/t9?,10-/m0/s1. The summed E-state index contributed by atoms with van der Waals surface area (Å²) in [5, 5.41) is 3.30. The number of nitrogens with zero attached hydrogens (tertiary/aromatic N) is 1. The van der Waals surface area contributed by atoms with Crippen LogP contribution in [-0.4, -0.2) is 37.0 Å². The average Bonchev–Trinajstić information content (AvgIpc) is 2.65. The van der Waals surface area contributed by atoms with Gasteiger partial charge in [-0.15, -0.1) is 0 Å². The van der Waals surface area contributed by atoms with Crippen molar-refractivity contribution in [3.05, 3.63) is 0 Å². The Morgan fingerprint density at radius 2 is 2.29 bits per heavy atom. The molecule has 0 saturated carbocycles. The van der Waals surface area contributed by atoms with Gasteiger partial charge in [-0.25, -0.2) is 0 Å². The van der Waals surface area contributed by atoms with Crippen molar-refractivity contribution in [1.29, 1.82) is 0 Å². The van der Waals surface area contributed by atoms with Gasteiger partial charge in [0.15, 0.2) is 0 Å². The predicted octanol–water partition coefficient (Wildman–Crippen LogP) is 0.854. The van der Waals surface area contributed by atoms with E-state index in [1.54, 1.807) is 0 Å². The lowest BCUT2D eigenvalue weighted by Crippen LogP contribution is -2.42. The highest BCUT2D eigenvalue weighted by Crippen LogP contribution is 2.20. The Bertz CT molecular complexity index is 205. The molecule has 1 unspecified atom stereocenters. The Balaban J connectivity index is 1.87. The molecule has 0 spiro atoms. The molecule has 0 aromatic rings. The fraction of sp³-hybridized carbons (Fsp3) is 0.909. The van der Waals surface area contributed by atoms with Gasteiger partial charge in [0.25, 0.3) is 0 Å². The third kappa shape index (κ3) is 2.08. The number of nitrogens with one attached hydrogen (secondary N) is 1. The number of carbonyl (C=O) groups excluding carboxylic acids is 1. The molecule has 0 radical (unpaired) electrons. The topological polar surface area (TPSA) is 32.3 Å². The van der Waals surface area contributed by atoms with Gasteiger partial charge in [0.1, 0.15) is 0 Å². The molecule has 2 fully saturated rings. The van der Waals surface area contributed by atoms with Gasteiger partial charge in [0.05, 0.1) is 5.92 Å². The van der Waals surface area contributed by atoms with Crippen molar-refractivity contribution in [1.82, 2.24) is 10.2 Å². The van der Waals surface area contributed by atoms with Gasteiger partial charge in [-0.1, -0.05) is 6.92 Å². The molecule has 2 aliphatic rings. The zero-order valence-corrected chi connectivity index (χ0v) is 8.96. The van der Waals surface area contributed by atoms with E-state index < -0.39 is 0 Å². The highest BCUT2D eigenvalue weighted by atomic mass is 16.2. The Labute approximate surface area is 85.8 Å². The largest absolute Gasteiger partial charge is 0.342 e. The summed E-state index contributed by atoms with van der Waals surface area (Å²) in [6, 6.07) is 0. The van der Waals surface area contributed by atoms with Crippen molar-refractivity contribution in [2.24, 2.45) is 11.8 Å². The van der Waals surface area contributed by atoms with Crippen LogP contribution in [0, 0.1) is 11.8 Å². The molecule has 3 nitrogen and oxygen atoms in total. The van der Waals surface area contributed by atoms with Gasteiger partial charge >= 0.3 is 0 Å². The van der Waals surface area contributed by atoms with Gasteiger partial charge in [0.2, 0.25) is 5.91 Å². The maximum atomic E-state index is 12.0. The van der Waals surface area contributed by atoms with Gasteiger partial charge in [-0.05, 0) is 31.7 Å². The van der Waals surface area contributed by atoms with Crippen LogP contribution in [0.4, 0.5) is 0 Å². The molecular weight excluding hydrogens is 176 g/mol. The summed E-state index contributed by atoms with van der Waals surface area (Å²) in [6.45, 7) is 6.17. The molecule has 0 aliphatic carbocycles. The molecule has 0 bridgehead atoms. The van der Waals surface area contributed by atoms with Crippen LogP contribution >= 0.6 is 0 Å². The molecule has 2 heterocycles. The fourth-order valence-electron chi connectivity index (χ4n) is 2.46. The van der Waals surface area contributed by atoms with Crippen LogP contribution in [0.1, 0.15) is 26.2 Å². The molecule has 2 rings (SSSR count). The van der Waals surface area contributed by atoms with Gasteiger partial charge in [-0.3, -0.25) is 4.79 Å². The van der Waals surface area contributed by atoms with Crippen molar-refractivity contribution in [2.45, 2.75) is 26.2 Å². The van der Waals surface area contributed by atoms with Crippen molar-refractivity contribution in [3.63, 3.8) is 0 Å². The second-order valence-electron chi connectivity index (χ2n) is 4.72. The number of rotatable bonds is 1. The van der Waals surface area contributed by atoms with Crippen LogP contribution in [0.15, 0.2) is 0 Å². The van der Waals surface area contributed by atoms with Gasteiger partial charge in [0, 0.05) is 19.6 Å². The van der Waals surface area contributed by atoms with E-state index in [2.05, 4.69) is 17.1 Å². The normalized spacial score (nSPS) is 33.4. The van der Waals surface area contributed by atoms with Gasteiger partial charge < -0.3 is 10.2 Å². The summed E-state index contributed by atoms with van der Waals surface area (Å²) in [5.74, 6) is 1.35. The van der Waals surface area contributed by atoms with Crippen LogP contribution in [0.5, 0.6) is 0 Å². The first-order valence-electron chi connectivity index (χ1n) is 5.77. The van der Waals surface area contributed by atoms with Crippen LogP contribution in [0.3, 0.4) is 0 Å². The summed E-state index contributed by atoms with van der Waals surface area (Å²) < 4.78 is 0. The maximum Gasteiger partial charge on any atom is 0.226 e. The molecule has 14 heavy (non-hydrogen) atoms. The first kappa shape index (κ1) is 9.97. The smallest absolute Gasteiger partial charge is 0.226 e. The summed E-state index contributed by atoms with van der Waals surface area (Å²) in [6.07, 6.45) is 3.42. The minimum Gasteiger partial charge on any atom is -0.342 e. The number of carbonyl (C=O) groups is 1. The van der Waals surface area contributed by atoms with E-state index in [0.717, 1.165) is 39.0 Å². The Kier molecular flexibility index (Phi) is 3.06. The number of hydrogen-bond donors (Lipinski definition) is 1. The lowest BCUT2D eigenvalue weighted by atomic mass is 9.98. The van der Waals surface area contributed by atoms with E-state index in [1.807, 2.05) is 0 Å². The highest BCUT2D eigenvalue weighted by Gasteiger charge is 2.29. The molecule has 1 N–H and O–H groups in total. The summed E-state index contributed by atoms with van der Waals surface area (Å²) in [7, 11) is 0. The quantitative estimate of drug-likeness (QED) is 0.674. The summed E-state index contributed by atoms with van der Waals surface area (Å²) >= 11 is 0. The van der Waals surface area contributed by atoms with E-state index in [1.165, 1.54) is 6.42 Å². The summed E-state index contributed by atoms with van der Waals surface area (Å²) in [4.78, 5) is 14.1. The second kappa shape index (κ2) is 4.30. The molecule has 2 saturated heterocycles. The fourth-order valence-corrected chi connectivity index (χ4v) is 2.46. The second-order valence-corrected chi connectivity index (χ2v) is 4.72. The zero-order valence-electron chi connectivity index (χ0n) is 8.96. The average molecular weight is 196 g/mol. The third-order valence-corrected chi connectivity index (χ3v) is 3.38. The van der Waals surface area contributed by atoms with Crippen molar-refractivity contribution >= 4 is 5.91 Å². The van der Waals surface area contributed by atoms with E-state index in [4.69, 9.17) is 0 Å². The molecule has 3 heteroatoms. The van der Waals surface area contributed by atoms with Crippen LogP contribution in [-0.2, 0) is 4.79 Å². The Hall–Kier alpha value is -0.570. The lowest BCUT2D eigenvalue weighted by molar-refractivity contribution is -0.135. The molecule has 80 valence electrons. The molecular formula is C11H20N2O. The van der Waals surface area contributed by atoms with Gasteiger partial charge in [-0.2, -0.15) is 0 Å². The first-order chi connectivity index (χ1) is 6.77. The van der Waals surface area contributed by atoms with Crippen LogP contribution < -0.4 is 5.32 Å². The number of hydrogen-bond acceptors (Lipinski definition) is 2. The van der Waals surface area contributed by atoms with E-state index >= 15 is 0 Å². The molecule has 2 aliphatic heterocycles. The predicted molar refractivity (Wildman–Crippen MR) is 56.0 cm³/mol. The molecule has 0 aromatic heterocycles. The lowest BCUT2D eigenvalue weighted by Gasteiger charge is -2.26. The minimum absolute atomic E-state index is 0.258. The van der Waals surface area contributed by atoms with Crippen LogP contribution in [0.25, 0.3) is 0 Å². The SMILES string of the molecule is CC1CCN(C(=O)[C@H]2CCCNC2)C1. The molecule has 2 atom stereocenters. The van der Waals surface area contributed by atoms with Crippen LogP contribution in [0.2, 0.25) is 0 Å². The number of likely N-dealkylation sites (tertiary alicyclic amines) is 1. The number of piperidine rings is 1. The third-order valence-electron chi connectivity index (χ3n) is 3.38. The molecule has 1 amide bonds. The maximum absolute atomic E-state index is 12.0. The van der Waals surface area contributed by atoms with E-state index in [-0.39, 0.29) is 5.92 Å². The summed E-state index contributed by atoms with van der Waals surface area (Å²) in [5.41, 5.74) is 0. The van der Waals surface area contributed by atoms with Crippen molar-refractivity contribution in [3.8, 4) is 0 Å². The zero-order chi connectivity index (χ0) is 9.97. The first-order valence-corrected chi connectivity index (χ1v) is 5.77. The van der Waals surface area contributed by atoms with E-state index in [9.17, 15) is 4.79 Å². The highest BCUT2D eigenvalue weighted by molar-refractivity contribution is 5.79. The van der Waals surface area contributed by atoms with E-state index in [0.29, 0.717) is 11.8 Å².